The number of hydrogen-bond donors (Lipinski definition) is 1. The van der Waals surface area contributed by atoms with E-state index in [1.165, 1.54) is 24.3 Å². The van der Waals surface area contributed by atoms with Crippen molar-refractivity contribution in [3.8, 4) is 11.1 Å². The average Bonchev–Trinajstić information content (AvgIpc) is 3.13. The number of benzene rings is 3. The second-order valence-electron chi connectivity index (χ2n) is 8.07. The van der Waals surface area contributed by atoms with Crippen LogP contribution in [-0.2, 0) is 44.3 Å². The number of ether oxygens (including phenoxy) is 1. The summed E-state index contributed by atoms with van der Waals surface area (Å²) in [4.78, 5) is 24.4. The Morgan fingerprint density at radius 2 is 1.56 bits per heavy atom. The van der Waals surface area contributed by atoms with Crippen LogP contribution in [0.1, 0.15) is 61.6 Å². The van der Waals surface area contributed by atoms with Gasteiger partial charge in [-0.05, 0) is 77.1 Å². The monoisotopic (exact) mass is 538 g/mol. The van der Waals surface area contributed by atoms with Crippen molar-refractivity contribution in [1.82, 2.24) is 0 Å². The summed E-state index contributed by atoms with van der Waals surface area (Å²) in [7, 11) is 0. The summed E-state index contributed by atoms with van der Waals surface area (Å²) >= 11 is 0. The Labute approximate surface area is 215 Å². The molecule has 3 aromatic carbocycles. The van der Waals surface area contributed by atoms with Crippen molar-refractivity contribution in [1.29, 1.82) is 0 Å². The molecule has 0 saturated heterocycles. The summed E-state index contributed by atoms with van der Waals surface area (Å²) in [6.45, 7) is 2.02. The predicted octanol–water partition coefficient (Wildman–Crippen LogP) is 6.61. The first-order valence-electron chi connectivity index (χ1n) is 10.4. The molecule has 1 aliphatic carbocycles. The summed E-state index contributed by atoms with van der Waals surface area (Å²) in [5.41, 5.74) is 5.23. The maximum Gasteiger partial charge on any atom is 0.339 e. The second kappa shape index (κ2) is 10.6. The number of aromatic carboxylic acids is 1. The van der Waals surface area contributed by atoms with Gasteiger partial charge in [0, 0.05) is 31.8 Å². The van der Waals surface area contributed by atoms with Gasteiger partial charge in [-0.15, -0.1) is 0 Å². The van der Waals surface area contributed by atoms with Crippen LogP contribution < -0.4 is 0 Å². The van der Waals surface area contributed by atoms with Gasteiger partial charge in [0.05, 0.1) is 11.1 Å². The number of fused-ring (bicyclic) bond motifs is 1. The molecular formula is C27H22F2O4Zr. The Morgan fingerprint density at radius 1 is 0.941 bits per heavy atom. The van der Waals surface area contributed by atoms with Crippen molar-refractivity contribution in [3.63, 3.8) is 0 Å². The van der Waals surface area contributed by atoms with Crippen LogP contribution in [0, 0.1) is 6.92 Å². The maximum atomic E-state index is 13.3. The van der Waals surface area contributed by atoms with Crippen molar-refractivity contribution < 1.29 is 54.4 Å². The number of rotatable bonds is 6. The summed E-state index contributed by atoms with van der Waals surface area (Å²) in [6.07, 6.45) is 1.26. The Balaban J connectivity index is 0.00000324. The average molecular weight is 540 g/mol. The third kappa shape index (κ3) is 4.81. The van der Waals surface area contributed by atoms with Crippen LogP contribution in [0.25, 0.3) is 17.2 Å². The molecule has 4 nitrogen and oxygen atoms in total. The number of carbonyl (C=O) groups excluding carboxylic acids is 1. The number of alkyl halides is 2. The molecule has 0 spiro atoms. The molecule has 1 N–H and O–H groups in total. The minimum Gasteiger partial charge on any atom is -0.478 e. The summed E-state index contributed by atoms with van der Waals surface area (Å²) in [5, 5.41) is 9.33. The van der Waals surface area contributed by atoms with Gasteiger partial charge in [-0.3, -0.25) is 0 Å². The molecule has 0 fully saturated rings. The van der Waals surface area contributed by atoms with Gasteiger partial charge in [-0.1, -0.05) is 36.4 Å². The normalized spacial score (nSPS) is 14.1. The zero-order valence-corrected chi connectivity index (χ0v) is 21.2. The van der Waals surface area contributed by atoms with E-state index < -0.39 is 31.4 Å². The van der Waals surface area contributed by atoms with Crippen LogP contribution in [0.4, 0.5) is 8.78 Å². The molecule has 0 aromatic heterocycles. The smallest absolute Gasteiger partial charge is 0.339 e. The molecule has 7 heteroatoms. The van der Waals surface area contributed by atoms with Gasteiger partial charge in [0.15, 0.2) is 0 Å². The zero-order valence-electron chi connectivity index (χ0n) is 18.7. The van der Waals surface area contributed by atoms with Crippen molar-refractivity contribution in [3.05, 3.63) is 99.1 Å². The zero-order chi connectivity index (χ0) is 23.7. The number of carbonyl (C=O) groups is 2. The largest absolute Gasteiger partial charge is 0.478 e. The van der Waals surface area contributed by atoms with Gasteiger partial charge in [0.25, 0.3) is 0 Å². The molecule has 0 radical (unpaired) electrons. The van der Waals surface area contributed by atoms with E-state index in [-0.39, 0.29) is 37.3 Å². The quantitative estimate of drug-likeness (QED) is 0.358. The van der Waals surface area contributed by atoms with Gasteiger partial charge < -0.3 is 9.84 Å². The van der Waals surface area contributed by atoms with Gasteiger partial charge in [0.2, 0.25) is 0 Å². The molecule has 34 heavy (non-hydrogen) atoms. The third-order valence-electron chi connectivity index (χ3n) is 5.89. The topological polar surface area (TPSA) is 63.6 Å². The Bertz CT molecular complexity index is 1280. The summed E-state index contributed by atoms with van der Waals surface area (Å²) in [6, 6.07) is 14.9. The standard InChI is InChI=1S/C27H22F2O4.Zr/c1-15-9-24-22(19-11-17(13-28)10-18(12-19)14-29)7-4-8-23(24)25(15)33-27(32)21-6-3-5-20(16(21)2)26(30)31;/h3-12,25H,13-14H2,1-2H3,(H,30,31);. The molecular weight excluding hydrogens is 518 g/mol. The van der Waals surface area contributed by atoms with Crippen molar-refractivity contribution in [2.75, 3.05) is 0 Å². The first-order valence-corrected chi connectivity index (χ1v) is 10.4. The SMILES string of the molecule is CC1=Cc2c(-c3cc(CF)cc(CF)c3)cccc2C1OC(=O)c1cccc(C(=O)O)c1C.[Zr]. The summed E-state index contributed by atoms with van der Waals surface area (Å²) < 4.78 is 32.5. The van der Waals surface area contributed by atoms with Crippen LogP contribution >= 0.6 is 0 Å². The first-order chi connectivity index (χ1) is 15.8. The minimum atomic E-state index is -1.11. The molecule has 4 rings (SSSR count). The van der Waals surface area contributed by atoms with Crippen LogP contribution in [-0.4, -0.2) is 17.0 Å². The molecule has 0 heterocycles. The number of carboxylic acids is 1. The van der Waals surface area contributed by atoms with Gasteiger partial charge in [-0.2, -0.15) is 0 Å². The molecule has 1 unspecified atom stereocenters. The van der Waals surface area contributed by atoms with Crippen molar-refractivity contribution in [2.45, 2.75) is 33.3 Å². The fourth-order valence-corrected chi connectivity index (χ4v) is 4.26. The third-order valence-corrected chi connectivity index (χ3v) is 5.89. The molecule has 3 aromatic rings. The molecule has 172 valence electrons. The molecule has 1 aliphatic rings. The van der Waals surface area contributed by atoms with E-state index in [1.807, 2.05) is 31.2 Å². The van der Waals surface area contributed by atoms with Crippen LogP contribution in [0.5, 0.6) is 0 Å². The van der Waals surface area contributed by atoms with E-state index in [2.05, 4.69) is 0 Å². The summed E-state index contributed by atoms with van der Waals surface area (Å²) in [5.74, 6) is -1.73. The van der Waals surface area contributed by atoms with Crippen molar-refractivity contribution >= 4 is 18.0 Å². The van der Waals surface area contributed by atoms with Gasteiger partial charge in [-0.25, -0.2) is 18.4 Å². The molecule has 0 aliphatic heterocycles. The molecule has 1 atom stereocenters. The van der Waals surface area contributed by atoms with E-state index in [9.17, 15) is 23.5 Å². The minimum absolute atomic E-state index is 0. The fourth-order valence-electron chi connectivity index (χ4n) is 4.26. The van der Waals surface area contributed by atoms with E-state index in [0.29, 0.717) is 22.3 Å². The van der Waals surface area contributed by atoms with E-state index in [0.717, 1.165) is 22.3 Å². The molecule has 0 saturated carbocycles. The maximum absolute atomic E-state index is 13.3. The number of hydrogen-bond acceptors (Lipinski definition) is 3. The number of carboxylic acid groups (broad SMARTS) is 1. The fraction of sp³-hybridized carbons (Fsp3) is 0.185. The Morgan fingerprint density at radius 3 is 2.18 bits per heavy atom. The first kappa shape index (κ1) is 25.7. The van der Waals surface area contributed by atoms with Crippen LogP contribution in [0.15, 0.2) is 60.2 Å². The predicted molar refractivity (Wildman–Crippen MR) is 121 cm³/mol. The van der Waals surface area contributed by atoms with Gasteiger partial charge in [0.1, 0.15) is 19.5 Å². The number of esters is 1. The molecule has 0 bridgehead atoms. The van der Waals surface area contributed by atoms with Gasteiger partial charge >= 0.3 is 11.9 Å². The van der Waals surface area contributed by atoms with Crippen molar-refractivity contribution in [2.24, 2.45) is 0 Å². The second-order valence-corrected chi connectivity index (χ2v) is 8.07. The van der Waals surface area contributed by atoms with E-state index >= 15 is 0 Å². The van der Waals surface area contributed by atoms with E-state index in [1.54, 1.807) is 19.1 Å². The van der Waals surface area contributed by atoms with Crippen LogP contribution in [0.2, 0.25) is 0 Å². The van der Waals surface area contributed by atoms with E-state index in [4.69, 9.17) is 4.74 Å². The van der Waals surface area contributed by atoms with Crippen LogP contribution in [0.3, 0.4) is 0 Å². The Kier molecular flexibility index (Phi) is 7.98. The Hall–Kier alpha value is -2.92. The number of halogens is 2. The molecule has 0 amide bonds.